The van der Waals surface area contributed by atoms with Gasteiger partial charge in [-0.1, -0.05) is 78.3 Å². The van der Waals surface area contributed by atoms with E-state index in [1.807, 2.05) is 104 Å². The number of ether oxygens (including phenoxy) is 2. The number of fused-ring (bicyclic) bond motifs is 1. The maximum absolute atomic E-state index is 13.3. The van der Waals surface area contributed by atoms with Gasteiger partial charge >= 0.3 is 5.97 Å². The molecule has 5 aromatic rings. The minimum atomic E-state index is -0.897. The number of halogens is 1. The summed E-state index contributed by atoms with van der Waals surface area (Å²) in [6, 6.07) is 29.7. The lowest BCUT2D eigenvalue weighted by Gasteiger charge is -2.16. The van der Waals surface area contributed by atoms with Crippen LogP contribution in [0.2, 0.25) is 5.02 Å². The van der Waals surface area contributed by atoms with Crippen LogP contribution in [0.15, 0.2) is 101 Å². The van der Waals surface area contributed by atoms with E-state index in [1.54, 1.807) is 0 Å². The number of rotatable bonds is 9. The second-order valence-electron chi connectivity index (χ2n) is 9.45. The maximum atomic E-state index is 13.3. The molecule has 0 bridgehead atoms. The summed E-state index contributed by atoms with van der Waals surface area (Å²) in [6.07, 6.45) is 0.247. The summed E-state index contributed by atoms with van der Waals surface area (Å²) in [5.74, 6) is -0.166. The fourth-order valence-electron chi connectivity index (χ4n) is 4.52. The van der Waals surface area contributed by atoms with Crippen molar-refractivity contribution in [2.75, 3.05) is 7.11 Å². The summed E-state index contributed by atoms with van der Waals surface area (Å²) < 4.78 is 16.8. The Balaban J connectivity index is 1.29. The number of benzene rings is 4. The highest BCUT2D eigenvalue weighted by Crippen LogP contribution is 2.30. The average molecular weight is 554 g/mol. The van der Waals surface area contributed by atoms with Gasteiger partial charge in [0, 0.05) is 22.4 Å². The number of methoxy groups -OCH3 is 1. The highest BCUT2D eigenvalue weighted by molar-refractivity contribution is 6.30. The van der Waals surface area contributed by atoms with Gasteiger partial charge in [-0.05, 0) is 59.5 Å². The van der Waals surface area contributed by atoms with E-state index in [0.717, 1.165) is 27.6 Å². The maximum Gasteiger partial charge on any atom is 0.328 e. The van der Waals surface area contributed by atoms with Crippen molar-refractivity contribution in [2.45, 2.75) is 26.0 Å². The average Bonchev–Trinajstić information content (AvgIpc) is 3.32. The van der Waals surface area contributed by atoms with Gasteiger partial charge in [0.25, 0.3) is 5.91 Å². The molecule has 5 rings (SSSR count). The van der Waals surface area contributed by atoms with Crippen molar-refractivity contribution in [3.05, 3.63) is 125 Å². The molecule has 1 amide bonds. The first-order chi connectivity index (χ1) is 19.4. The van der Waals surface area contributed by atoms with Crippen LogP contribution >= 0.6 is 11.6 Å². The number of esters is 1. The summed E-state index contributed by atoms with van der Waals surface area (Å²) in [5, 5.41) is 4.28. The van der Waals surface area contributed by atoms with Crippen molar-refractivity contribution in [1.29, 1.82) is 0 Å². The largest absolute Gasteiger partial charge is 0.489 e. The number of carbonyl (C=O) groups is 2. The van der Waals surface area contributed by atoms with Crippen molar-refractivity contribution in [2.24, 2.45) is 0 Å². The van der Waals surface area contributed by atoms with Gasteiger partial charge < -0.3 is 19.2 Å². The van der Waals surface area contributed by atoms with Crippen molar-refractivity contribution < 1.29 is 23.5 Å². The summed E-state index contributed by atoms with van der Waals surface area (Å²) in [5.41, 5.74) is 5.11. The molecular weight excluding hydrogens is 526 g/mol. The molecule has 1 aromatic heterocycles. The number of amides is 1. The first kappa shape index (κ1) is 27.0. The number of nitrogens with one attached hydrogen (secondary N) is 1. The van der Waals surface area contributed by atoms with Crippen LogP contribution in [0.25, 0.3) is 22.1 Å². The lowest BCUT2D eigenvalue weighted by atomic mass is 10.0. The Kier molecular flexibility index (Phi) is 8.18. The molecule has 0 spiro atoms. The third-order valence-electron chi connectivity index (χ3n) is 6.72. The molecule has 1 heterocycles. The highest BCUT2D eigenvalue weighted by atomic mass is 35.5. The van der Waals surface area contributed by atoms with Crippen molar-refractivity contribution in [1.82, 2.24) is 5.32 Å². The minimum absolute atomic E-state index is 0.154. The van der Waals surface area contributed by atoms with Gasteiger partial charge in [0.2, 0.25) is 0 Å². The molecule has 1 N–H and O–H groups in total. The van der Waals surface area contributed by atoms with Crippen LogP contribution in [0, 0.1) is 6.92 Å². The fraction of sp³-hybridized carbons (Fsp3) is 0.152. The molecule has 0 radical (unpaired) electrons. The van der Waals surface area contributed by atoms with Gasteiger partial charge in [0.15, 0.2) is 5.76 Å². The van der Waals surface area contributed by atoms with Gasteiger partial charge in [-0.2, -0.15) is 0 Å². The van der Waals surface area contributed by atoms with Crippen LogP contribution in [0.1, 0.15) is 27.2 Å². The first-order valence-corrected chi connectivity index (χ1v) is 13.2. The van der Waals surface area contributed by atoms with Crippen LogP contribution in [-0.2, 0) is 22.6 Å². The molecule has 1 atom stereocenters. The normalized spacial score (nSPS) is 11.7. The molecular formula is C33H28ClNO5. The second-order valence-corrected chi connectivity index (χ2v) is 9.88. The lowest BCUT2D eigenvalue weighted by Crippen LogP contribution is -2.43. The Hall–Kier alpha value is -4.55. The van der Waals surface area contributed by atoms with E-state index in [2.05, 4.69) is 5.32 Å². The fourth-order valence-corrected chi connectivity index (χ4v) is 4.65. The Bertz CT molecular complexity index is 1630. The van der Waals surface area contributed by atoms with E-state index < -0.39 is 17.9 Å². The topological polar surface area (TPSA) is 77.8 Å². The van der Waals surface area contributed by atoms with Gasteiger partial charge in [0.1, 0.15) is 24.0 Å². The van der Waals surface area contributed by atoms with E-state index >= 15 is 0 Å². The number of carbonyl (C=O) groups excluding carboxylic acids is 2. The zero-order valence-electron chi connectivity index (χ0n) is 22.1. The van der Waals surface area contributed by atoms with Crippen LogP contribution in [-0.4, -0.2) is 25.0 Å². The molecule has 4 aromatic carbocycles. The van der Waals surface area contributed by atoms with E-state index in [9.17, 15) is 9.59 Å². The predicted molar refractivity (Wildman–Crippen MR) is 156 cm³/mol. The Labute approximate surface area is 237 Å². The molecule has 0 fully saturated rings. The smallest absolute Gasteiger partial charge is 0.328 e. The number of furan rings is 1. The highest BCUT2D eigenvalue weighted by Gasteiger charge is 2.26. The van der Waals surface area contributed by atoms with Crippen molar-refractivity contribution in [3.8, 4) is 16.9 Å². The predicted octanol–water partition coefficient (Wildman–Crippen LogP) is 7.15. The van der Waals surface area contributed by atoms with Crippen LogP contribution in [0.3, 0.4) is 0 Å². The first-order valence-electron chi connectivity index (χ1n) is 12.8. The zero-order valence-corrected chi connectivity index (χ0v) is 22.9. The molecule has 0 saturated carbocycles. The molecule has 0 unspecified atom stereocenters. The molecule has 40 heavy (non-hydrogen) atoms. The summed E-state index contributed by atoms with van der Waals surface area (Å²) >= 11 is 6.02. The van der Waals surface area contributed by atoms with Crippen LogP contribution in [0.5, 0.6) is 5.75 Å². The Morgan fingerprint density at radius 3 is 2.27 bits per heavy atom. The van der Waals surface area contributed by atoms with E-state index in [4.69, 9.17) is 25.5 Å². The lowest BCUT2D eigenvalue weighted by molar-refractivity contribution is -0.142. The SMILES string of the molecule is COC(=O)[C@H](Cc1ccc(OCc2ccccc2)cc1)NC(=O)c1oc2cc(-c3ccc(Cl)cc3)ccc2c1C. The third-order valence-corrected chi connectivity index (χ3v) is 6.98. The summed E-state index contributed by atoms with van der Waals surface area (Å²) in [6.45, 7) is 2.28. The molecule has 0 aliphatic rings. The quantitative estimate of drug-likeness (QED) is 0.196. The molecule has 202 valence electrons. The Morgan fingerprint density at radius 2 is 1.57 bits per heavy atom. The standard InChI is InChI=1S/C33H28ClNO5/c1-21-28-17-12-25(24-10-13-26(34)14-11-24)19-30(28)40-31(21)32(36)35-29(33(37)38-2)18-22-8-15-27(16-9-22)39-20-23-6-4-3-5-7-23/h3-17,19,29H,18,20H2,1-2H3,(H,35,36)/t29-/m0/s1. The van der Waals surface area contributed by atoms with E-state index in [-0.39, 0.29) is 12.2 Å². The molecule has 0 aliphatic carbocycles. The van der Waals surface area contributed by atoms with Gasteiger partial charge in [-0.15, -0.1) is 0 Å². The van der Waals surface area contributed by atoms with Crippen LogP contribution < -0.4 is 10.1 Å². The molecule has 7 heteroatoms. The van der Waals surface area contributed by atoms with Crippen molar-refractivity contribution in [3.63, 3.8) is 0 Å². The second kappa shape index (κ2) is 12.1. The Morgan fingerprint density at radius 1 is 0.875 bits per heavy atom. The monoisotopic (exact) mass is 553 g/mol. The minimum Gasteiger partial charge on any atom is -0.489 e. The number of aryl methyl sites for hydroxylation is 1. The third kappa shape index (κ3) is 6.19. The number of hydrogen-bond donors (Lipinski definition) is 1. The van der Waals surface area contributed by atoms with Gasteiger partial charge in [0.05, 0.1) is 7.11 Å². The molecule has 6 nitrogen and oxygen atoms in total. The van der Waals surface area contributed by atoms with E-state index in [0.29, 0.717) is 28.5 Å². The van der Waals surface area contributed by atoms with Crippen molar-refractivity contribution >= 4 is 34.4 Å². The summed E-state index contributed by atoms with van der Waals surface area (Å²) in [7, 11) is 1.30. The summed E-state index contributed by atoms with van der Waals surface area (Å²) in [4.78, 5) is 25.9. The van der Waals surface area contributed by atoms with Crippen LogP contribution in [0.4, 0.5) is 0 Å². The zero-order chi connectivity index (χ0) is 28.1. The number of hydrogen-bond acceptors (Lipinski definition) is 5. The van der Waals surface area contributed by atoms with E-state index in [1.165, 1.54) is 7.11 Å². The van der Waals surface area contributed by atoms with Gasteiger partial charge in [-0.25, -0.2) is 4.79 Å². The van der Waals surface area contributed by atoms with Gasteiger partial charge in [-0.3, -0.25) is 4.79 Å². The molecule has 0 saturated heterocycles. The molecule has 0 aliphatic heterocycles.